The molecule has 92 valence electrons. The molecule has 2 saturated carbocycles. The first kappa shape index (κ1) is 13.9. The van der Waals surface area contributed by atoms with Crippen molar-refractivity contribution in [2.24, 2.45) is 17.3 Å². The van der Waals surface area contributed by atoms with Crippen molar-refractivity contribution in [3.8, 4) is 0 Å². The molecule has 2 bridgehead atoms. The predicted octanol–water partition coefficient (Wildman–Crippen LogP) is 4.65. The first-order valence-electron chi connectivity index (χ1n) is 4.90. The molecule has 0 aliphatic heterocycles. The normalized spacial score (nSPS) is 47.9. The van der Waals surface area contributed by atoms with Gasteiger partial charge in [-0.05, 0) is 5.57 Å². The lowest BCUT2D eigenvalue weighted by molar-refractivity contribution is 0.306. The van der Waals surface area contributed by atoms with E-state index in [9.17, 15) is 0 Å². The second kappa shape index (κ2) is 4.87. The largest absolute Gasteiger partial charge is 0.126 e. The van der Waals surface area contributed by atoms with Gasteiger partial charge in [-0.15, -0.1) is 58.0 Å². The Morgan fingerprint density at radius 2 is 1.56 bits per heavy atom. The van der Waals surface area contributed by atoms with Crippen molar-refractivity contribution >= 4 is 69.6 Å². The van der Waals surface area contributed by atoms with Crippen LogP contribution < -0.4 is 0 Å². The summed E-state index contributed by atoms with van der Waals surface area (Å²) in [5.41, 5.74) is 2.09. The molecule has 2 fully saturated rings. The minimum absolute atomic E-state index is 0.0108. The molecule has 0 nitrogen and oxygen atoms in total. The molecule has 2 aliphatic rings. The summed E-state index contributed by atoms with van der Waals surface area (Å²) in [6.45, 7) is 0. The van der Waals surface area contributed by atoms with Gasteiger partial charge in [-0.25, -0.2) is 0 Å². The molecule has 2 rings (SSSR count). The maximum Gasteiger partial charge on any atom is 0.0583 e. The maximum atomic E-state index is 6.39. The lowest BCUT2D eigenvalue weighted by atomic mass is 9.72. The fourth-order valence-corrected chi connectivity index (χ4v) is 6.15. The van der Waals surface area contributed by atoms with E-state index in [2.05, 4.69) is 0 Å². The molecule has 0 saturated heterocycles. The smallest absolute Gasteiger partial charge is 0.0583 e. The summed E-state index contributed by atoms with van der Waals surface area (Å²) in [7, 11) is 0. The molecular weight excluding hydrogens is 333 g/mol. The number of rotatable bonds is 2. The molecule has 16 heavy (non-hydrogen) atoms. The van der Waals surface area contributed by atoms with Gasteiger partial charge in [0.05, 0.1) is 10.8 Å². The van der Waals surface area contributed by atoms with E-state index in [1.807, 2.05) is 0 Å². The third-order valence-corrected chi connectivity index (χ3v) is 6.79. The van der Waals surface area contributed by atoms with Gasteiger partial charge in [0, 0.05) is 39.9 Å². The summed E-state index contributed by atoms with van der Waals surface area (Å²) in [4.78, 5) is 0. The molecule has 6 heteroatoms. The van der Waals surface area contributed by atoms with Gasteiger partial charge in [-0.1, -0.05) is 11.6 Å². The molecule has 3 unspecified atom stereocenters. The number of hydrogen-bond acceptors (Lipinski definition) is 0. The van der Waals surface area contributed by atoms with Crippen molar-refractivity contribution in [3.05, 3.63) is 11.1 Å². The van der Waals surface area contributed by atoms with E-state index in [0.717, 1.165) is 5.57 Å². The highest BCUT2D eigenvalue weighted by molar-refractivity contribution is 6.35. The van der Waals surface area contributed by atoms with Crippen LogP contribution in [0.3, 0.4) is 0 Å². The highest BCUT2D eigenvalue weighted by Gasteiger charge is 2.66. The zero-order chi connectivity index (χ0) is 12.1. The molecule has 0 aromatic carbocycles. The molecule has 0 aromatic heterocycles. The van der Waals surface area contributed by atoms with Gasteiger partial charge in [0.25, 0.3) is 0 Å². The van der Waals surface area contributed by atoms with Gasteiger partial charge in [-0.2, -0.15) is 0 Å². The van der Waals surface area contributed by atoms with E-state index in [0.29, 0.717) is 11.8 Å². The fourth-order valence-electron chi connectivity index (χ4n) is 3.00. The summed E-state index contributed by atoms with van der Waals surface area (Å²) < 4.78 is 0. The van der Waals surface area contributed by atoms with E-state index in [-0.39, 0.29) is 28.0 Å². The monoisotopic (exact) mass is 340 g/mol. The van der Waals surface area contributed by atoms with Crippen LogP contribution >= 0.6 is 69.6 Å². The maximum absolute atomic E-state index is 6.39. The van der Waals surface area contributed by atoms with Gasteiger partial charge in [-0.3, -0.25) is 0 Å². The highest BCUT2D eigenvalue weighted by atomic mass is 35.5. The van der Waals surface area contributed by atoms with Gasteiger partial charge in [0.1, 0.15) is 0 Å². The summed E-state index contributed by atoms with van der Waals surface area (Å²) >= 11 is 37.0. The average molecular weight is 343 g/mol. The summed E-state index contributed by atoms with van der Waals surface area (Å²) in [6, 6.07) is 0. The van der Waals surface area contributed by atoms with E-state index in [4.69, 9.17) is 69.6 Å². The van der Waals surface area contributed by atoms with Crippen molar-refractivity contribution in [1.29, 1.82) is 0 Å². The van der Waals surface area contributed by atoms with E-state index in [1.54, 1.807) is 0 Å². The Labute approximate surface area is 125 Å². The van der Waals surface area contributed by atoms with Crippen LogP contribution in [0.1, 0.15) is 0 Å². The van der Waals surface area contributed by atoms with Crippen LogP contribution in [0.2, 0.25) is 0 Å². The number of allylic oxidation sites excluding steroid dienone is 1. The highest BCUT2D eigenvalue weighted by Crippen LogP contribution is 2.64. The Morgan fingerprint density at radius 3 is 2.00 bits per heavy atom. The number of fused-ring (bicyclic) bond motifs is 2. The SMILES string of the molecule is Cl/C=C1/C2C(Cl)C([C@@H](Cl)[C@@H]2Cl)C1(CCl)CCl. The minimum Gasteiger partial charge on any atom is -0.126 e. The van der Waals surface area contributed by atoms with Crippen LogP contribution in [0.4, 0.5) is 0 Å². The first-order chi connectivity index (χ1) is 7.55. The van der Waals surface area contributed by atoms with Crippen LogP contribution in [-0.2, 0) is 0 Å². The molecule has 2 aliphatic carbocycles. The third kappa shape index (κ3) is 1.57. The number of halogens is 6. The van der Waals surface area contributed by atoms with Crippen molar-refractivity contribution in [2.45, 2.75) is 16.1 Å². The number of hydrogen-bond donors (Lipinski definition) is 0. The molecule has 0 heterocycles. The lowest BCUT2D eigenvalue weighted by Crippen LogP contribution is -2.43. The van der Waals surface area contributed by atoms with E-state index >= 15 is 0 Å². The quantitative estimate of drug-likeness (QED) is 0.640. The summed E-state index contributed by atoms with van der Waals surface area (Å²) in [6.07, 6.45) is 0. The topological polar surface area (TPSA) is 0 Å². The van der Waals surface area contributed by atoms with Crippen molar-refractivity contribution in [3.63, 3.8) is 0 Å². The standard InChI is InChI=1S/C10H10Cl6/c11-1-4-5-7(14)6(9(16)8(5)15)10(4,2-12)3-13/h1,5-9H,2-3H2/b4-1-/t5?,6?,7?,8-,9-/m1/s1. The van der Waals surface area contributed by atoms with Crippen molar-refractivity contribution in [1.82, 2.24) is 0 Å². The molecule has 0 aromatic rings. The molecule has 0 amide bonds. The van der Waals surface area contributed by atoms with Gasteiger partial charge >= 0.3 is 0 Å². The Balaban J connectivity index is 2.50. The third-order valence-electron chi connectivity index (χ3n) is 3.84. The Kier molecular flexibility index (Phi) is 4.23. The first-order valence-corrected chi connectivity index (χ1v) is 7.71. The van der Waals surface area contributed by atoms with Crippen LogP contribution in [0.15, 0.2) is 11.1 Å². The molecule has 0 spiro atoms. The predicted molar refractivity (Wildman–Crippen MR) is 73.7 cm³/mol. The second-order valence-electron chi connectivity index (χ2n) is 4.37. The van der Waals surface area contributed by atoms with Crippen molar-refractivity contribution < 1.29 is 0 Å². The van der Waals surface area contributed by atoms with Gasteiger partial charge in [0.2, 0.25) is 0 Å². The zero-order valence-electron chi connectivity index (χ0n) is 8.15. The average Bonchev–Trinajstić information content (AvgIpc) is 2.66. The lowest BCUT2D eigenvalue weighted by Gasteiger charge is -2.40. The van der Waals surface area contributed by atoms with Crippen LogP contribution in [-0.4, -0.2) is 27.9 Å². The van der Waals surface area contributed by atoms with Crippen LogP contribution in [0, 0.1) is 17.3 Å². The van der Waals surface area contributed by atoms with Crippen LogP contribution in [0.25, 0.3) is 0 Å². The molecule has 5 atom stereocenters. The Bertz CT molecular complexity index is 310. The zero-order valence-corrected chi connectivity index (χ0v) is 12.7. The van der Waals surface area contributed by atoms with E-state index < -0.39 is 5.41 Å². The fraction of sp³-hybridized carbons (Fsp3) is 0.800. The van der Waals surface area contributed by atoms with Gasteiger partial charge < -0.3 is 0 Å². The molecule has 0 radical (unpaired) electrons. The Hall–Kier alpha value is 1.48. The summed E-state index contributed by atoms with van der Waals surface area (Å²) in [5, 5.41) is -0.529. The summed E-state index contributed by atoms with van der Waals surface area (Å²) in [5.74, 6) is 0.701. The molecule has 0 N–H and O–H groups in total. The second-order valence-corrected chi connectivity index (χ2v) is 6.64. The number of alkyl halides is 5. The molecular formula is C10H10Cl6. The van der Waals surface area contributed by atoms with Gasteiger partial charge in [0.15, 0.2) is 0 Å². The van der Waals surface area contributed by atoms with Crippen LogP contribution in [0.5, 0.6) is 0 Å². The Morgan fingerprint density at radius 1 is 1.00 bits per heavy atom. The van der Waals surface area contributed by atoms with E-state index in [1.165, 1.54) is 5.54 Å². The minimum atomic E-state index is -0.403. The van der Waals surface area contributed by atoms with Crippen molar-refractivity contribution in [2.75, 3.05) is 11.8 Å².